The Morgan fingerprint density at radius 1 is 1.19 bits per heavy atom. The SMILES string of the molecule is O=C(CCC(c1ccccc1)c1nc(CO)no1)C1=NS(=O)(=O)c2cc(I)ccc2N1. The van der Waals surface area contributed by atoms with E-state index in [4.69, 9.17) is 4.52 Å². The van der Waals surface area contributed by atoms with Crippen LogP contribution in [0.15, 0.2) is 62.3 Å². The van der Waals surface area contributed by atoms with E-state index in [0.29, 0.717) is 5.69 Å². The van der Waals surface area contributed by atoms with Gasteiger partial charge in [-0.15, -0.1) is 4.40 Å². The van der Waals surface area contributed by atoms with E-state index >= 15 is 0 Å². The van der Waals surface area contributed by atoms with Crippen molar-refractivity contribution in [2.24, 2.45) is 4.40 Å². The van der Waals surface area contributed by atoms with Crippen LogP contribution in [-0.2, 0) is 21.4 Å². The molecule has 0 saturated heterocycles. The number of aliphatic hydroxyl groups excluding tert-OH is 1. The summed E-state index contributed by atoms with van der Waals surface area (Å²) in [6.45, 7) is -0.360. The second-order valence-electron chi connectivity index (χ2n) is 6.81. The van der Waals surface area contributed by atoms with Gasteiger partial charge >= 0.3 is 0 Å². The molecule has 0 radical (unpaired) electrons. The molecule has 0 fully saturated rings. The van der Waals surface area contributed by atoms with Crippen LogP contribution in [0, 0.1) is 3.57 Å². The van der Waals surface area contributed by atoms with Gasteiger partial charge in [0.1, 0.15) is 11.5 Å². The summed E-state index contributed by atoms with van der Waals surface area (Å²) >= 11 is 2.01. The third kappa shape index (κ3) is 4.67. The number of benzene rings is 2. The van der Waals surface area contributed by atoms with Crippen LogP contribution in [0.4, 0.5) is 5.69 Å². The maximum Gasteiger partial charge on any atom is 0.286 e. The number of sulfonamides is 1. The molecule has 1 aromatic heterocycles. The van der Waals surface area contributed by atoms with Crippen molar-refractivity contribution in [1.82, 2.24) is 10.1 Å². The highest BCUT2D eigenvalue weighted by Gasteiger charge is 2.29. The summed E-state index contributed by atoms with van der Waals surface area (Å²) in [5.41, 5.74) is 1.18. The maximum absolute atomic E-state index is 12.8. The number of nitrogens with zero attached hydrogens (tertiary/aromatic N) is 3. The fourth-order valence-electron chi connectivity index (χ4n) is 3.24. The Hall–Kier alpha value is -2.64. The van der Waals surface area contributed by atoms with Gasteiger partial charge in [-0.25, -0.2) is 0 Å². The van der Waals surface area contributed by atoms with E-state index < -0.39 is 21.7 Å². The Kier molecular flexibility index (Phi) is 6.16. The summed E-state index contributed by atoms with van der Waals surface area (Å²) in [7, 11) is -3.97. The highest BCUT2D eigenvalue weighted by molar-refractivity contribution is 14.1. The number of hydrogen-bond donors (Lipinski definition) is 2. The van der Waals surface area contributed by atoms with Gasteiger partial charge in [-0.1, -0.05) is 35.5 Å². The van der Waals surface area contributed by atoms with Gasteiger partial charge < -0.3 is 14.9 Å². The average Bonchev–Trinajstić information content (AvgIpc) is 3.23. The highest BCUT2D eigenvalue weighted by Crippen LogP contribution is 2.31. The van der Waals surface area contributed by atoms with Crippen molar-refractivity contribution < 1.29 is 22.8 Å². The van der Waals surface area contributed by atoms with Crippen LogP contribution in [0.5, 0.6) is 0 Å². The van der Waals surface area contributed by atoms with E-state index in [1.165, 1.54) is 6.07 Å². The Morgan fingerprint density at radius 2 is 1.97 bits per heavy atom. The number of aliphatic hydroxyl groups is 1. The molecule has 0 spiro atoms. The molecule has 160 valence electrons. The summed E-state index contributed by atoms with van der Waals surface area (Å²) in [6, 6.07) is 14.2. The number of hydrogen-bond acceptors (Lipinski definition) is 8. The molecule has 0 bridgehead atoms. The zero-order valence-corrected chi connectivity index (χ0v) is 19.0. The van der Waals surface area contributed by atoms with E-state index in [1.807, 2.05) is 52.9 Å². The third-order valence-corrected chi connectivity index (χ3v) is 6.72. The molecule has 0 aliphatic carbocycles. The lowest BCUT2D eigenvalue weighted by Crippen LogP contribution is -2.29. The number of fused-ring (bicyclic) bond motifs is 1. The van der Waals surface area contributed by atoms with Crippen LogP contribution in [0.25, 0.3) is 0 Å². The molecular weight excluding hydrogens is 535 g/mol. The van der Waals surface area contributed by atoms with Crippen LogP contribution in [0.1, 0.15) is 36.0 Å². The smallest absolute Gasteiger partial charge is 0.286 e. The first-order valence-corrected chi connectivity index (χ1v) is 11.8. The second-order valence-corrected chi connectivity index (χ2v) is 9.63. The lowest BCUT2D eigenvalue weighted by molar-refractivity contribution is -0.113. The molecule has 1 aliphatic heterocycles. The Balaban J connectivity index is 1.56. The van der Waals surface area contributed by atoms with E-state index in [2.05, 4.69) is 19.9 Å². The number of Topliss-reactive ketones (excluding diaryl/α,β-unsaturated/α-hetero) is 1. The van der Waals surface area contributed by atoms with E-state index in [9.17, 15) is 18.3 Å². The summed E-state index contributed by atoms with van der Waals surface area (Å²) in [4.78, 5) is 17.0. The molecule has 0 saturated carbocycles. The predicted octanol–water partition coefficient (Wildman–Crippen LogP) is 2.86. The first-order chi connectivity index (χ1) is 14.9. The summed E-state index contributed by atoms with van der Waals surface area (Å²) in [5.74, 6) is -0.641. The molecule has 2 aromatic carbocycles. The summed E-state index contributed by atoms with van der Waals surface area (Å²) in [5, 5.41) is 15.8. The molecular formula is C20H17IN4O5S. The average molecular weight is 552 g/mol. The fourth-order valence-corrected chi connectivity index (χ4v) is 5.10. The molecule has 3 aromatic rings. The van der Waals surface area contributed by atoms with Gasteiger partial charge in [0.05, 0.1) is 11.6 Å². The van der Waals surface area contributed by atoms with Crippen molar-refractivity contribution >= 4 is 49.9 Å². The van der Waals surface area contributed by atoms with Crippen LogP contribution in [-0.4, -0.2) is 35.3 Å². The van der Waals surface area contributed by atoms with Crippen molar-refractivity contribution in [2.75, 3.05) is 5.32 Å². The van der Waals surface area contributed by atoms with Gasteiger partial charge in [0.25, 0.3) is 10.0 Å². The number of anilines is 1. The molecule has 1 atom stereocenters. The van der Waals surface area contributed by atoms with Crippen LogP contribution in [0.3, 0.4) is 0 Å². The summed E-state index contributed by atoms with van der Waals surface area (Å²) in [6.07, 6.45) is 0.285. The lowest BCUT2D eigenvalue weighted by atomic mass is 9.93. The molecule has 1 unspecified atom stereocenters. The monoisotopic (exact) mass is 552 g/mol. The minimum Gasteiger partial charge on any atom is -0.388 e. The number of amidine groups is 1. The molecule has 2 N–H and O–H groups in total. The van der Waals surface area contributed by atoms with Crippen molar-refractivity contribution in [3.63, 3.8) is 0 Å². The van der Waals surface area contributed by atoms with Gasteiger partial charge in [-0.2, -0.15) is 13.4 Å². The van der Waals surface area contributed by atoms with E-state index in [0.717, 1.165) is 9.13 Å². The van der Waals surface area contributed by atoms with Gasteiger partial charge in [0, 0.05) is 9.99 Å². The zero-order chi connectivity index (χ0) is 22.0. The number of rotatable bonds is 7. The van der Waals surface area contributed by atoms with Crippen LogP contribution in [0.2, 0.25) is 0 Å². The Labute approximate surface area is 191 Å². The third-order valence-electron chi connectivity index (χ3n) is 4.74. The maximum atomic E-state index is 12.8. The number of ketones is 1. The lowest BCUT2D eigenvalue weighted by Gasteiger charge is -2.18. The predicted molar refractivity (Wildman–Crippen MR) is 120 cm³/mol. The molecule has 2 heterocycles. The minimum absolute atomic E-state index is 0.00253. The molecule has 4 rings (SSSR count). The highest BCUT2D eigenvalue weighted by atomic mass is 127. The minimum atomic E-state index is -3.97. The first kappa shape index (κ1) is 21.6. The second kappa shape index (κ2) is 8.85. The molecule has 9 nitrogen and oxygen atoms in total. The fraction of sp³-hybridized carbons (Fsp3) is 0.200. The first-order valence-electron chi connectivity index (χ1n) is 9.30. The van der Waals surface area contributed by atoms with Crippen molar-refractivity contribution in [2.45, 2.75) is 30.3 Å². The van der Waals surface area contributed by atoms with Gasteiger partial charge in [0.15, 0.2) is 17.4 Å². The molecule has 11 heteroatoms. The standard InChI is InChI=1S/C20H17IN4O5S/c21-13-6-8-15-17(10-13)31(28,29)25-19(22-15)16(27)9-7-14(12-4-2-1-3-5-12)20-23-18(11-26)24-30-20/h1-6,8,10,14,26H,7,9,11H2,(H,22,25). The number of carbonyl (C=O) groups is 1. The van der Waals surface area contributed by atoms with Gasteiger partial charge in [0.2, 0.25) is 5.89 Å². The zero-order valence-electron chi connectivity index (χ0n) is 16.0. The number of aromatic nitrogens is 2. The molecule has 0 amide bonds. The topological polar surface area (TPSA) is 135 Å². The van der Waals surface area contributed by atoms with Crippen molar-refractivity contribution in [3.8, 4) is 0 Å². The van der Waals surface area contributed by atoms with Gasteiger partial charge in [-0.3, -0.25) is 4.79 Å². The van der Waals surface area contributed by atoms with Crippen LogP contribution >= 0.6 is 22.6 Å². The number of halogens is 1. The number of nitrogens with one attached hydrogen (secondary N) is 1. The van der Waals surface area contributed by atoms with Crippen molar-refractivity contribution in [1.29, 1.82) is 0 Å². The van der Waals surface area contributed by atoms with E-state index in [-0.39, 0.29) is 41.9 Å². The largest absolute Gasteiger partial charge is 0.388 e. The van der Waals surface area contributed by atoms with Crippen LogP contribution < -0.4 is 5.32 Å². The van der Waals surface area contributed by atoms with Crippen molar-refractivity contribution in [3.05, 3.63) is 69.4 Å². The Morgan fingerprint density at radius 3 is 2.68 bits per heavy atom. The number of carbonyl (C=O) groups excluding carboxylic acids is 1. The van der Waals surface area contributed by atoms with Gasteiger partial charge in [-0.05, 0) is 52.8 Å². The normalized spacial score (nSPS) is 15.5. The molecule has 1 aliphatic rings. The Bertz CT molecular complexity index is 1260. The summed E-state index contributed by atoms with van der Waals surface area (Å²) < 4.78 is 34.7. The van der Waals surface area contributed by atoms with E-state index in [1.54, 1.807) is 12.1 Å². The molecule has 31 heavy (non-hydrogen) atoms. The quantitative estimate of drug-likeness (QED) is 0.428.